The summed E-state index contributed by atoms with van der Waals surface area (Å²) in [5.74, 6) is -0.350. The molecule has 0 radical (unpaired) electrons. The number of aliphatic hydroxyl groups is 3. The summed E-state index contributed by atoms with van der Waals surface area (Å²) < 4.78 is 4.89. The van der Waals surface area contributed by atoms with E-state index in [4.69, 9.17) is 9.84 Å². The molecule has 14 heavy (non-hydrogen) atoms. The Kier molecular flexibility index (Phi) is 3.43. The minimum atomic E-state index is -1.37. The molecule has 1 unspecified atom stereocenters. The van der Waals surface area contributed by atoms with E-state index in [1.54, 1.807) is 0 Å². The highest BCUT2D eigenvalue weighted by Crippen LogP contribution is 2.22. The molecule has 0 saturated carbocycles. The summed E-state index contributed by atoms with van der Waals surface area (Å²) in [6.07, 6.45) is -4.24. The number of carbonyl (C=O) groups excluding carboxylic acids is 1. The Morgan fingerprint density at radius 3 is 2.50 bits per heavy atom. The van der Waals surface area contributed by atoms with Gasteiger partial charge < -0.3 is 25.4 Å². The van der Waals surface area contributed by atoms with Crippen molar-refractivity contribution >= 4 is 5.91 Å². The van der Waals surface area contributed by atoms with Gasteiger partial charge in [-0.05, 0) is 6.92 Å². The van der Waals surface area contributed by atoms with Gasteiger partial charge in [-0.2, -0.15) is 0 Å². The van der Waals surface area contributed by atoms with Crippen LogP contribution in [0.4, 0.5) is 0 Å². The molecule has 1 saturated heterocycles. The minimum absolute atomic E-state index is 0.350. The fourth-order valence-electron chi connectivity index (χ4n) is 1.51. The summed E-state index contributed by atoms with van der Waals surface area (Å²) in [6, 6.07) is -0.775. The molecule has 1 amide bonds. The summed E-state index contributed by atoms with van der Waals surface area (Å²) in [4.78, 5) is 10.8. The molecule has 1 heterocycles. The van der Waals surface area contributed by atoms with Crippen LogP contribution in [0.3, 0.4) is 0 Å². The molecule has 0 aromatic heterocycles. The topological polar surface area (TPSA) is 99.0 Å². The Morgan fingerprint density at radius 1 is 1.50 bits per heavy atom. The van der Waals surface area contributed by atoms with Crippen LogP contribution in [-0.4, -0.2) is 51.9 Å². The van der Waals surface area contributed by atoms with Crippen LogP contribution in [0.2, 0.25) is 0 Å². The predicted octanol–water partition coefficient (Wildman–Crippen LogP) is -2.05. The fraction of sp³-hybridized carbons (Fsp3) is 0.875. The van der Waals surface area contributed by atoms with E-state index >= 15 is 0 Å². The molecule has 0 aromatic carbocycles. The summed E-state index contributed by atoms with van der Waals surface area (Å²) in [5.41, 5.74) is 0. The number of hydrogen-bond acceptors (Lipinski definition) is 5. The van der Waals surface area contributed by atoms with Gasteiger partial charge in [0.1, 0.15) is 12.2 Å². The third-order valence-electron chi connectivity index (χ3n) is 2.16. The normalized spacial score (nSPS) is 39.5. The molecular formula is C8H15NO5. The van der Waals surface area contributed by atoms with E-state index in [-0.39, 0.29) is 5.91 Å². The quantitative estimate of drug-likeness (QED) is 0.416. The maximum absolute atomic E-state index is 10.8. The first-order valence-corrected chi connectivity index (χ1v) is 4.40. The van der Waals surface area contributed by atoms with Gasteiger partial charge in [-0.25, -0.2) is 0 Å². The summed E-state index contributed by atoms with van der Waals surface area (Å²) in [7, 11) is 0. The summed E-state index contributed by atoms with van der Waals surface area (Å²) in [6.45, 7) is 2.75. The summed E-state index contributed by atoms with van der Waals surface area (Å²) in [5, 5.41) is 30.3. The molecule has 82 valence electrons. The molecule has 5 atom stereocenters. The Hall–Kier alpha value is -0.690. The van der Waals surface area contributed by atoms with Crippen molar-refractivity contribution in [2.24, 2.45) is 0 Å². The number of aliphatic hydroxyl groups excluding tert-OH is 3. The lowest BCUT2D eigenvalue weighted by Crippen LogP contribution is -2.49. The van der Waals surface area contributed by atoms with Crippen LogP contribution in [0.5, 0.6) is 0 Å². The van der Waals surface area contributed by atoms with E-state index in [2.05, 4.69) is 5.32 Å². The number of rotatable bonds is 2. The van der Waals surface area contributed by atoms with Gasteiger partial charge >= 0.3 is 0 Å². The molecule has 0 aliphatic carbocycles. The first-order valence-electron chi connectivity index (χ1n) is 4.40. The maximum atomic E-state index is 10.8. The first kappa shape index (κ1) is 11.4. The van der Waals surface area contributed by atoms with E-state index in [1.165, 1.54) is 13.8 Å². The van der Waals surface area contributed by atoms with E-state index in [0.717, 1.165) is 0 Å². The number of nitrogens with one attached hydrogen (secondary N) is 1. The van der Waals surface area contributed by atoms with Crippen LogP contribution in [0.25, 0.3) is 0 Å². The number of amides is 1. The Labute approximate surface area is 81.5 Å². The van der Waals surface area contributed by atoms with E-state index in [9.17, 15) is 15.0 Å². The van der Waals surface area contributed by atoms with Crippen molar-refractivity contribution in [3.05, 3.63) is 0 Å². The van der Waals surface area contributed by atoms with Crippen LogP contribution in [0, 0.1) is 0 Å². The van der Waals surface area contributed by atoms with Crippen molar-refractivity contribution in [1.29, 1.82) is 0 Å². The average molecular weight is 205 g/mol. The lowest BCUT2D eigenvalue weighted by molar-refractivity contribution is -0.143. The lowest BCUT2D eigenvalue weighted by atomic mass is 10.0. The van der Waals surface area contributed by atoms with E-state index in [1.807, 2.05) is 0 Å². The van der Waals surface area contributed by atoms with E-state index < -0.39 is 30.6 Å². The highest BCUT2D eigenvalue weighted by molar-refractivity contribution is 5.73. The molecule has 1 aliphatic heterocycles. The molecule has 6 heteroatoms. The van der Waals surface area contributed by atoms with Crippen molar-refractivity contribution in [1.82, 2.24) is 5.32 Å². The van der Waals surface area contributed by atoms with Crippen molar-refractivity contribution < 1.29 is 24.9 Å². The van der Waals surface area contributed by atoms with Crippen molar-refractivity contribution in [2.75, 3.05) is 0 Å². The van der Waals surface area contributed by atoms with Crippen LogP contribution < -0.4 is 5.32 Å². The van der Waals surface area contributed by atoms with Crippen LogP contribution in [-0.2, 0) is 9.53 Å². The molecule has 0 bridgehead atoms. The minimum Gasteiger partial charge on any atom is -0.391 e. The Balaban J connectivity index is 2.70. The highest BCUT2D eigenvalue weighted by atomic mass is 16.6. The van der Waals surface area contributed by atoms with Gasteiger partial charge in [0.2, 0.25) is 5.91 Å². The molecule has 6 nitrogen and oxygen atoms in total. The molecular weight excluding hydrogens is 190 g/mol. The smallest absolute Gasteiger partial charge is 0.217 e. The number of hydrogen-bond donors (Lipinski definition) is 4. The van der Waals surface area contributed by atoms with Crippen molar-refractivity contribution in [2.45, 2.75) is 44.5 Å². The van der Waals surface area contributed by atoms with Gasteiger partial charge in [0.25, 0.3) is 0 Å². The van der Waals surface area contributed by atoms with Gasteiger partial charge in [0, 0.05) is 6.92 Å². The highest BCUT2D eigenvalue weighted by Gasteiger charge is 2.45. The molecule has 0 aromatic rings. The fourth-order valence-corrected chi connectivity index (χ4v) is 1.51. The van der Waals surface area contributed by atoms with E-state index in [0.29, 0.717) is 0 Å². The standard InChI is InChI=1S/C8H15NO5/c1-3(10)7-5(9-4(2)11)6(12)8(13)14-7/h3,5-8,10,12-13H,1-2H3,(H,9,11)/t3-,5+,6+,7+,8?/m0/s1. The molecule has 1 rings (SSSR count). The zero-order valence-corrected chi connectivity index (χ0v) is 8.04. The predicted molar refractivity (Wildman–Crippen MR) is 46.2 cm³/mol. The first-order chi connectivity index (χ1) is 6.43. The second kappa shape index (κ2) is 4.22. The zero-order valence-electron chi connectivity index (χ0n) is 8.04. The van der Waals surface area contributed by atoms with Gasteiger partial charge in [0.05, 0.1) is 12.1 Å². The van der Waals surface area contributed by atoms with Crippen LogP contribution >= 0.6 is 0 Å². The lowest BCUT2D eigenvalue weighted by Gasteiger charge is -2.22. The molecule has 1 aliphatic rings. The van der Waals surface area contributed by atoms with Gasteiger partial charge in [-0.1, -0.05) is 0 Å². The monoisotopic (exact) mass is 205 g/mol. The van der Waals surface area contributed by atoms with Crippen LogP contribution in [0.1, 0.15) is 13.8 Å². The van der Waals surface area contributed by atoms with Crippen molar-refractivity contribution in [3.8, 4) is 0 Å². The third kappa shape index (κ3) is 2.21. The zero-order chi connectivity index (χ0) is 10.9. The second-order valence-corrected chi connectivity index (χ2v) is 3.45. The Morgan fingerprint density at radius 2 is 2.07 bits per heavy atom. The molecule has 0 spiro atoms. The number of carbonyl (C=O) groups is 1. The number of ether oxygens (including phenoxy) is 1. The second-order valence-electron chi connectivity index (χ2n) is 3.45. The van der Waals surface area contributed by atoms with Gasteiger partial charge in [0.15, 0.2) is 6.29 Å². The average Bonchev–Trinajstić information content (AvgIpc) is 2.32. The molecule has 1 fully saturated rings. The van der Waals surface area contributed by atoms with Gasteiger partial charge in [-0.3, -0.25) is 4.79 Å². The third-order valence-corrected chi connectivity index (χ3v) is 2.16. The van der Waals surface area contributed by atoms with Crippen molar-refractivity contribution in [3.63, 3.8) is 0 Å². The Bertz CT molecular complexity index is 220. The SMILES string of the molecule is CC(=O)N[C@H]1[C@@H]([C@H](C)O)OC(O)[C@@H]1O. The maximum Gasteiger partial charge on any atom is 0.217 e. The van der Waals surface area contributed by atoms with Gasteiger partial charge in [-0.15, -0.1) is 0 Å². The summed E-state index contributed by atoms with van der Waals surface area (Å²) >= 11 is 0. The molecule has 4 N–H and O–H groups in total. The largest absolute Gasteiger partial charge is 0.391 e. The van der Waals surface area contributed by atoms with Crippen LogP contribution in [0.15, 0.2) is 0 Å².